The molecule has 0 bridgehead atoms. The second-order valence-electron chi connectivity index (χ2n) is 6.76. The number of benzene rings is 1. The summed E-state index contributed by atoms with van der Waals surface area (Å²) < 4.78 is 25.2. The maximum atomic E-state index is 12.2. The Morgan fingerprint density at radius 2 is 1.65 bits per heavy atom. The Bertz CT molecular complexity index is 712. The zero-order valence-corrected chi connectivity index (χ0v) is 17.0. The molecule has 0 saturated carbocycles. The van der Waals surface area contributed by atoms with Gasteiger partial charge >= 0.3 is 0 Å². The molecule has 0 fully saturated rings. The predicted molar refractivity (Wildman–Crippen MR) is 101 cm³/mol. The van der Waals surface area contributed by atoms with Gasteiger partial charge in [0.1, 0.15) is 0 Å². The first kappa shape index (κ1) is 22.1. The summed E-state index contributed by atoms with van der Waals surface area (Å²) in [5.74, 6) is 0.188. The molecule has 0 aliphatic rings. The standard InChI is InChI=1S/C18H29N3O4S/c1-14(2)10-12-21(15(3)22)13-11-19-18(23)16-6-8-17(9-7-16)26(24,25)20(4)5/h6-9,14H,10-13H2,1-5H3,(H,19,23). The van der Waals surface area contributed by atoms with Crippen LogP contribution in [-0.2, 0) is 14.8 Å². The van der Waals surface area contributed by atoms with Gasteiger partial charge in [0.25, 0.3) is 5.91 Å². The lowest BCUT2D eigenvalue weighted by molar-refractivity contribution is -0.128. The fraction of sp³-hybridized carbons (Fsp3) is 0.556. The molecule has 0 heterocycles. The molecule has 1 N–H and O–H groups in total. The Labute approximate surface area is 156 Å². The molecule has 0 saturated heterocycles. The van der Waals surface area contributed by atoms with Crippen LogP contribution in [0.5, 0.6) is 0 Å². The fourth-order valence-corrected chi connectivity index (χ4v) is 3.14. The second kappa shape index (κ2) is 9.68. The van der Waals surface area contributed by atoms with Gasteiger partial charge in [0.15, 0.2) is 0 Å². The summed E-state index contributed by atoms with van der Waals surface area (Å²) in [5, 5.41) is 2.76. The van der Waals surface area contributed by atoms with E-state index in [9.17, 15) is 18.0 Å². The Balaban J connectivity index is 2.61. The van der Waals surface area contributed by atoms with E-state index < -0.39 is 10.0 Å². The first-order valence-electron chi connectivity index (χ1n) is 8.62. The van der Waals surface area contributed by atoms with Crippen LogP contribution in [0.3, 0.4) is 0 Å². The van der Waals surface area contributed by atoms with Crippen LogP contribution >= 0.6 is 0 Å². The molecule has 2 amide bonds. The van der Waals surface area contributed by atoms with Crippen molar-refractivity contribution in [1.29, 1.82) is 0 Å². The van der Waals surface area contributed by atoms with E-state index in [-0.39, 0.29) is 16.7 Å². The quantitative estimate of drug-likeness (QED) is 0.701. The zero-order chi connectivity index (χ0) is 19.9. The number of rotatable bonds is 9. The molecular weight excluding hydrogens is 354 g/mol. The number of nitrogens with zero attached hydrogens (tertiary/aromatic N) is 2. The number of carbonyl (C=O) groups is 2. The molecule has 1 rings (SSSR count). The van der Waals surface area contributed by atoms with Crippen LogP contribution in [0.1, 0.15) is 37.6 Å². The van der Waals surface area contributed by atoms with Gasteiger partial charge in [-0.3, -0.25) is 9.59 Å². The van der Waals surface area contributed by atoms with Crippen molar-refractivity contribution in [1.82, 2.24) is 14.5 Å². The van der Waals surface area contributed by atoms with Gasteiger partial charge in [0, 0.05) is 46.2 Å². The minimum Gasteiger partial charge on any atom is -0.350 e. The van der Waals surface area contributed by atoms with E-state index >= 15 is 0 Å². The zero-order valence-electron chi connectivity index (χ0n) is 16.2. The molecule has 26 heavy (non-hydrogen) atoms. The highest BCUT2D eigenvalue weighted by Gasteiger charge is 2.17. The van der Waals surface area contributed by atoms with Gasteiger partial charge in [0.2, 0.25) is 15.9 Å². The fourth-order valence-electron chi connectivity index (χ4n) is 2.24. The molecule has 8 heteroatoms. The second-order valence-corrected chi connectivity index (χ2v) is 8.91. The molecule has 0 aliphatic carbocycles. The van der Waals surface area contributed by atoms with Crippen LogP contribution in [-0.4, -0.2) is 63.2 Å². The van der Waals surface area contributed by atoms with E-state index in [0.29, 0.717) is 31.1 Å². The molecule has 7 nitrogen and oxygen atoms in total. The van der Waals surface area contributed by atoms with Crippen LogP contribution in [0, 0.1) is 5.92 Å². The molecule has 1 aromatic rings. The molecule has 0 spiro atoms. The molecule has 146 valence electrons. The summed E-state index contributed by atoms with van der Waals surface area (Å²) in [6, 6.07) is 5.78. The van der Waals surface area contributed by atoms with Crippen LogP contribution in [0.15, 0.2) is 29.2 Å². The highest BCUT2D eigenvalue weighted by molar-refractivity contribution is 7.89. The summed E-state index contributed by atoms with van der Waals surface area (Å²) in [6.07, 6.45) is 0.912. The van der Waals surface area contributed by atoms with E-state index in [2.05, 4.69) is 19.2 Å². The topological polar surface area (TPSA) is 86.8 Å². The van der Waals surface area contributed by atoms with Crippen LogP contribution < -0.4 is 5.32 Å². The van der Waals surface area contributed by atoms with E-state index in [1.54, 1.807) is 4.90 Å². The molecule has 0 aromatic heterocycles. The Hall–Kier alpha value is -1.93. The van der Waals surface area contributed by atoms with Gasteiger partial charge in [-0.05, 0) is 36.6 Å². The number of hydrogen-bond acceptors (Lipinski definition) is 4. The normalized spacial score (nSPS) is 11.7. The minimum absolute atomic E-state index is 0.0156. The third-order valence-electron chi connectivity index (χ3n) is 3.98. The monoisotopic (exact) mass is 383 g/mol. The first-order chi connectivity index (χ1) is 12.1. The van der Waals surface area contributed by atoms with Gasteiger partial charge in [-0.1, -0.05) is 13.8 Å². The summed E-state index contributed by atoms with van der Waals surface area (Å²) >= 11 is 0. The lowest BCUT2D eigenvalue weighted by atomic mass is 10.1. The SMILES string of the molecule is CC(=O)N(CCNC(=O)c1ccc(S(=O)(=O)N(C)C)cc1)CCC(C)C. The van der Waals surface area contributed by atoms with Crippen molar-refractivity contribution in [2.45, 2.75) is 32.1 Å². The molecule has 0 atom stereocenters. The van der Waals surface area contributed by atoms with Gasteiger partial charge in [0.05, 0.1) is 4.90 Å². The number of hydrogen-bond donors (Lipinski definition) is 1. The highest BCUT2D eigenvalue weighted by atomic mass is 32.2. The lowest BCUT2D eigenvalue weighted by Gasteiger charge is -2.22. The number of sulfonamides is 1. The van der Waals surface area contributed by atoms with Crippen molar-refractivity contribution in [3.8, 4) is 0 Å². The summed E-state index contributed by atoms with van der Waals surface area (Å²) in [5.41, 5.74) is 0.374. The van der Waals surface area contributed by atoms with Crippen LogP contribution in [0.2, 0.25) is 0 Å². The predicted octanol–water partition coefficient (Wildman–Crippen LogP) is 1.56. The van der Waals surface area contributed by atoms with Crippen molar-refractivity contribution < 1.29 is 18.0 Å². The maximum absolute atomic E-state index is 12.2. The van der Waals surface area contributed by atoms with Gasteiger partial charge < -0.3 is 10.2 Å². The summed E-state index contributed by atoms with van der Waals surface area (Å²) in [7, 11) is -0.604. The van der Waals surface area contributed by atoms with Crippen molar-refractivity contribution in [2.75, 3.05) is 33.7 Å². The summed E-state index contributed by atoms with van der Waals surface area (Å²) in [6.45, 7) is 7.17. The number of nitrogens with one attached hydrogen (secondary N) is 1. The maximum Gasteiger partial charge on any atom is 0.251 e. The van der Waals surface area contributed by atoms with E-state index in [4.69, 9.17) is 0 Å². The van der Waals surface area contributed by atoms with Crippen molar-refractivity contribution in [2.24, 2.45) is 5.92 Å². The average molecular weight is 384 g/mol. The van der Waals surface area contributed by atoms with E-state index in [1.165, 1.54) is 45.3 Å². The Morgan fingerprint density at radius 1 is 1.08 bits per heavy atom. The van der Waals surface area contributed by atoms with Gasteiger partial charge in [-0.15, -0.1) is 0 Å². The van der Waals surface area contributed by atoms with Crippen molar-refractivity contribution >= 4 is 21.8 Å². The summed E-state index contributed by atoms with van der Waals surface area (Å²) in [4.78, 5) is 25.7. The highest BCUT2D eigenvalue weighted by Crippen LogP contribution is 2.14. The molecule has 0 unspecified atom stereocenters. The first-order valence-corrected chi connectivity index (χ1v) is 10.1. The third kappa shape index (κ3) is 6.42. The Kier molecular flexibility index (Phi) is 8.23. The number of amides is 2. The van der Waals surface area contributed by atoms with Crippen molar-refractivity contribution in [3.05, 3.63) is 29.8 Å². The number of carbonyl (C=O) groups excluding carboxylic acids is 2. The lowest BCUT2D eigenvalue weighted by Crippen LogP contribution is -2.38. The third-order valence-corrected chi connectivity index (χ3v) is 5.81. The van der Waals surface area contributed by atoms with Gasteiger partial charge in [-0.2, -0.15) is 0 Å². The van der Waals surface area contributed by atoms with Crippen molar-refractivity contribution in [3.63, 3.8) is 0 Å². The van der Waals surface area contributed by atoms with Gasteiger partial charge in [-0.25, -0.2) is 12.7 Å². The average Bonchev–Trinajstić information content (AvgIpc) is 2.57. The molecule has 0 radical (unpaired) electrons. The largest absolute Gasteiger partial charge is 0.350 e. The molecular formula is C18H29N3O4S. The Morgan fingerprint density at radius 3 is 2.12 bits per heavy atom. The minimum atomic E-state index is -3.51. The van der Waals surface area contributed by atoms with Crippen LogP contribution in [0.25, 0.3) is 0 Å². The van der Waals surface area contributed by atoms with E-state index in [0.717, 1.165) is 10.7 Å². The van der Waals surface area contributed by atoms with E-state index in [1.807, 2.05) is 0 Å². The van der Waals surface area contributed by atoms with Crippen LogP contribution in [0.4, 0.5) is 0 Å². The smallest absolute Gasteiger partial charge is 0.251 e. The molecule has 0 aliphatic heterocycles. The molecule has 1 aromatic carbocycles.